The van der Waals surface area contributed by atoms with Crippen molar-refractivity contribution < 1.29 is 41.4 Å². The van der Waals surface area contributed by atoms with Gasteiger partial charge in [-0.15, -0.1) is 0 Å². The quantitative estimate of drug-likeness (QED) is 0.622. The molecule has 122 valence electrons. The summed E-state index contributed by atoms with van der Waals surface area (Å²) in [5.74, 6) is -5.70. The lowest BCUT2D eigenvalue weighted by molar-refractivity contribution is -0.156. The van der Waals surface area contributed by atoms with Gasteiger partial charge < -0.3 is 10.2 Å². The van der Waals surface area contributed by atoms with Gasteiger partial charge in [-0.05, 0) is 6.42 Å². The molecule has 1 fully saturated rings. The van der Waals surface area contributed by atoms with E-state index >= 15 is 0 Å². The summed E-state index contributed by atoms with van der Waals surface area (Å²) in [5, 5.41) is 17.8. The largest absolute Gasteiger partial charge is 0.481 e. The van der Waals surface area contributed by atoms with E-state index in [2.05, 4.69) is 0 Å². The highest BCUT2D eigenvalue weighted by atomic mass is 32.2. The highest BCUT2D eigenvalue weighted by molar-refractivity contribution is 7.87. The molecule has 1 rings (SSSR count). The van der Waals surface area contributed by atoms with E-state index in [0.29, 0.717) is 4.31 Å². The van der Waals surface area contributed by atoms with Crippen LogP contribution < -0.4 is 4.72 Å². The molecular weight excluding hydrogens is 321 g/mol. The number of aliphatic carboxylic acids is 2. The normalized spacial score (nSPS) is 24.7. The third-order valence-electron chi connectivity index (χ3n) is 3.00. The van der Waals surface area contributed by atoms with Gasteiger partial charge >= 0.3 is 18.1 Å². The summed E-state index contributed by atoms with van der Waals surface area (Å²) < 4.78 is 61.1. The molecule has 0 radical (unpaired) electrons. The van der Waals surface area contributed by atoms with Gasteiger partial charge in [0.25, 0.3) is 10.2 Å². The molecule has 1 aliphatic rings. The van der Waals surface area contributed by atoms with Crippen molar-refractivity contribution in [3.05, 3.63) is 0 Å². The summed E-state index contributed by atoms with van der Waals surface area (Å²) in [6, 6.07) is 0. The average molecular weight is 334 g/mol. The van der Waals surface area contributed by atoms with Gasteiger partial charge in [0.2, 0.25) is 0 Å². The molecule has 1 aliphatic heterocycles. The van der Waals surface area contributed by atoms with Crippen LogP contribution in [0.4, 0.5) is 13.2 Å². The van der Waals surface area contributed by atoms with Gasteiger partial charge in [-0.3, -0.25) is 9.59 Å². The molecule has 0 aliphatic carbocycles. The molecule has 2 atom stereocenters. The van der Waals surface area contributed by atoms with E-state index in [-0.39, 0.29) is 13.0 Å². The fourth-order valence-corrected chi connectivity index (χ4v) is 3.18. The number of carboxylic acid groups (broad SMARTS) is 2. The number of carbonyl (C=O) groups is 2. The highest BCUT2D eigenvalue weighted by Gasteiger charge is 2.42. The lowest BCUT2D eigenvalue weighted by Gasteiger charge is -2.33. The Bertz CT molecular complexity index is 520. The van der Waals surface area contributed by atoms with Crippen LogP contribution in [-0.4, -0.2) is 60.7 Å². The number of rotatable bonds is 5. The summed E-state index contributed by atoms with van der Waals surface area (Å²) in [4.78, 5) is 21.9. The van der Waals surface area contributed by atoms with Crippen LogP contribution in [-0.2, 0) is 19.8 Å². The van der Waals surface area contributed by atoms with Gasteiger partial charge in [-0.1, -0.05) is 0 Å². The number of halogens is 3. The van der Waals surface area contributed by atoms with Crippen LogP contribution >= 0.6 is 0 Å². The van der Waals surface area contributed by atoms with E-state index in [1.807, 2.05) is 0 Å². The minimum atomic E-state index is -4.75. The fourth-order valence-electron chi connectivity index (χ4n) is 1.95. The number of nitrogens with zero attached hydrogens (tertiary/aromatic N) is 1. The molecule has 0 aromatic carbocycles. The van der Waals surface area contributed by atoms with E-state index in [9.17, 15) is 31.2 Å². The standard InChI is InChI=1S/C9H13F3N2O6S/c10-9(11,12)4-13-21(19,20)14-2-1-5(7(15)16)6(3-14)8(17)18/h5-6,13H,1-4H2,(H,15,16)(H,17,18). The molecule has 1 saturated heterocycles. The van der Waals surface area contributed by atoms with Crippen LogP contribution in [0.3, 0.4) is 0 Å². The fraction of sp³-hybridized carbons (Fsp3) is 0.778. The Morgan fingerprint density at radius 3 is 2.14 bits per heavy atom. The predicted molar refractivity (Wildman–Crippen MR) is 61.4 cm³/mol. The van der Waals surface area contributed by atoms with Crippen LogP contribution in [0, 0.1) is 11.8 Å². The summed E-state index contributed by atoms with van der Waals surface area (Å²) >= 11 is 0. The summed E-state index contributed by atoms with van der Waals surface area (Å²) in [5.41, 5.74) is 0. The third kappa shape index (κ3) is 4.82. The lowest BCUT2D eigenvalue weighted by Crippen LogP contribution is -2.52. The average Bonchev–Trinajstić information content (AvgIpc) is 2.34. The molecule has 12 heteroatoms. The Hall–Kier alpha value is -1.40. The van der Waals surface area contributed by atoms with Gasteiger partial charge in [0.15, 0.2) is 0 Å². The zero-order valence-electron chi connectivity index (χ0n) is 10.5. The molecule has 0 spiro atoms. The summed E-state index contributed by atoms with van der Waals surface area (Å²) in [6.45, 7) is -2.85. The van der Waals surface area contributed by atoms with Crippen LogP contribution in [0.1, 0.15) is 6.42 Å². The minimum absolute atomic E-state index is 0.292. The monoisotopic (exact) mass is 334 g/mol. The number of hydrogen-bond donors (Lipinski definition) is 3. The molecule has 0 bridgehead atoms. The van der Waals surface area contributed by atoms with E-state index in [1.165, 1.54) is 4.72 Å². The Morgan fingerprint density at radius 2 is 1.71 bits per heavy atom. The van der Waals surface area contributed by atoms with Crippen molar-refractivity contribution in [3.8, 4) is 0 Å². The van der Waals surface area contributed by atoms with E-state index in [1.54, 1.807) is 0 Å². The van der Waals surface area contributed by atoms with Crippen molar-refractivity contribution in [2.45, 2.75) is 12.6 Å². The first-order valence-corrected chi connectivity index (χ1v) is 7.15. The van der Waals surface area contributed by atoms with Crippen molar-refractivity contribution in [2.24, 2.45) is 11.8 Å². The number of hydrogen-bond acceptors (Lipinski definition) is 4. The molecular formula is C9H13F3N2O6S. The molecule has 1 heterocycles. The molecule has 3 N–H and O–H groups in total. The van der Waals surface area contributed by atoms with Crippen molar-refractivity contribution in [1.29, 1.82) is 0 Å². The zero-order valence-corrected chi connectivity index (χ0v) is 11.3. The van der Waals surface area contributed by atoms with Crippen molar-refractivity contribution >= 4 is 22.1 Å². The summed E-state index contributed by atoms with van der Waals surface area (Å²) in [7, 11) is -4.53. The van der Waals surface area contributed by atoms with Crippen LogP contribution in [0.2, 0.25) is 0 Å². The van der Waals surface area contributed by atoms with Crippen LogP contribution in [0.5, 0.6) is 0 Å². The third-order valence-corrected chi connectivity index (χ3v) is 4.53. The Kier molecular flexibility index (Phi) is 5.17. The second-order valence-electron chi connectivity index (χ2n) is 4.48. The minimum Gasteiger partial charge on any atom is -0.481 e. The van der Waals surface area contributed by atoms with Gasteiger partial charge in [0.1, 0.15) is 6.54 Å². The van der Waals surface area contributed by atoms with Gasteiger partial charge in [0.05, 0.1) is 11.8 Å². The first-order chi connectivity index (χ1) is 9.44. The Morgan fingerprint density at radius 1 is 1.19 bits per heavy atom. The predicted octanol–water partition coefficient (Wildman–Crippen LogP) is -0.510. The molecule has 0 saturated carbocycles. The van der Waals surface area contributed by atoms with Crippen molar-refractivity contribution in [3.63, 3.8) is 0 Å². The second-order valence-corrected chi connectivity index (χ2v) is 6.23. The van der Waals surface area contributed by atoms with Gasteiger partial charge in [0, 0.05) is 13.1 Å². The molecule has 0 aromatic rings. The van der Waals surface area contributed by atoms with E-state index in [0.717, 1.165) is 0 Å². The first kappa shape index (κ1) is 17.7. The molecule has 8 nitrogen and oxygen atoms in total. The molecule has 0 aromatic heterocycles. The number of nitrogens with one attached hydrogen (secondary N) is 1. The lowest BCUT2D eigenvalue weighted by atomic mass is 9.86. The maximum atomic E-state index is 12.0. The van der Waals surface area contributed by atoms with Crippen LogP contribution in [0.25, 0.3) is 0 Å². The summed E-state index contributed by atoms with van der Waals surface area (Å²) in [6.07, 6.45) is -5.04. The molecule has 21 heavy (non-hydrogen) atoms. The maximum Gasteiger partial charge on any atom is 0.402 e. The first-order valence-electron chi connectivity index (χ1n) is 5.71. The zero-order chi connectivity index (χ0) is 16.4. The van der Waals surface area contributed by atoms with E-state index < -0.39 is 53.2 Å². The SMILES string of the molecule is O=C(O)C1CCN(S(=O)(=O)NCC(F)(F)F)CC1C(=O)O. The number of carboxylic acids is 2. The highest BCUT2D eigenvalue weighted by Crippen LogP contribution is 2.26. The number of alkyl halides is 3. The Balaban J connectivity index is 2.82. The maximum absolute atomic E-state index is 12.0. The number of piperidine rings is 1. The topological polar surface area (TPSA) is 124 Å². The smallest absolute Gasteiger partial charge is 0.402 e. The molecule has 2 unspecified atom stereocenters. The Labute approximate surface area is 117 Å². The van der Waals surface area contributed by atoms with Crippen molar-refractivity contribution in [2.75, 3.05) is 19.6 Å². The van der Waals surface area contributed by atoms with E-state index in [4.69, 9.17) is 10.2 Å². The van der Waals surface area contributed by atoms with Crippen molar-refractivity contribution in [1.82, 2.24) is 9.03 Å². The molecule has 0 amide bonds. The van der Waals surface area contributed by atoms with Crippen LogP contribution in [0.15, 0.2) is 0 Å². The van der Waals surface area contributed by atoms with Gasteiger partial charge in [-0.25, -0.2) is 0 Å². The van der Waals surface area contributed by atoms with Gasteiger partial charge in [-0.2, -0.15) is 30.6 Å². The second kappa shape index (κ2) is 6.15.